The van der Waals surface area contributed by atoms with Crippen LogP contribution < -0.4 is 5.73 Å². The van der Waals surface area contributed by atoms with Crippen molar-refractivity contribution in [1.29, 1.82) is 0 Å². The Balaban J connectivity index is 2.80. The molecule has 0 saturated heterocycles. The Labute approximate surface area is 115 Å². The molecule has 0 saturated carbocycles. The molecule has 1 rings (SSSR count). The normalized spacial score (nSPS) is 16.3. The van der Waals surface area contributed by atoms with E-state index in [-0.39, 0.29) is 12.1 Å². The number of rotatable bonds is 8. The van der Waals surface area contributed by atoms with E-state index < -0.39 is 6.10 Å². The number of aromatic nitrogens is 1. The van der Waals surface area contributed by atoms with Crippen molar-refractivity contribution < 1.29 is 9.84 Å². The summed E-state index contributed by atoms with van der Waals surface area (Å²) in [6.45, 7) is 2.90. The molecular weight excluding hydrogens is 242 g/mol. The van der Waals surface area contributed by atoms with Gasteiger partial charge in [-0.1, -0.05) is 13.0 Å². The first-order chi connectivity index (χ1) is 9.10. The van der Waals surface area contributed by atoms with Gasteiger partial charge in [-0.25, -0.2) is 0 Å². The van der Waals surface area contributed by atoms with Gasteiger partial charge >= 0.3 is 0 Å². The first-order valence-corrected chi connectivity index (χ1v) is 6.62. The predicted molar refractivity (Wildman–Crippen MR) is 75.8 cm³/mol. The smallest absolute Gasteiger partial charge is 0.0900 e. The Morgan fingerprint density at radius 3 is 2.79 bits per heavy atom. The molecule has 3 unspecified atom stereocenters. The van der Waals surface area contributed by atoms with Crippen molar-refractivity contribution in [3.8, 4) is 0 Å². The van der Waals surface area contributed by atoms with Crippen molar-refractivity contribution in [2.45, 2.75) is 31.5 Å². The lowest BCUT2D eigenvalue weighted by molar-refractivity contribution is 0.0308. The lowest BCUT2D eigenvalue weighted by atomic mass is 9.98. The van der Waals surface area contributed by atoms with Crippen LogP contribution in [0.15, 0.2) is 24.5 Å². The summed E-state index contributed by atoms with van der Waals surface area (Å²) in [6.07, 6.45) is 3.93. The minimum absolute atomic E-state index is 0.00365. The molecule has 3 atom stereocenters. The van der Waals surface area contributed by atoms with Crippen LogP contribution in [0.25, 0.3) is 0 Å². The predicted octanol–water partition coefficient (Wildman–Crippen LogP) is 0.799. The number of nitrogens with two attached hydrogens (primary N) is 1. The van der Waals surface area contributed by atoms with Gasteiger partial charge in [0.15, 0.2) is 0 Å². The van der Waals surface area contributed by atoms with Gasteiger partial charge in [-0.15, -0.1) is 0 Å². The van der Waals surface area contributed by atoms with Gasteiger partial charge in [0, 0.05) is 32.1 Å². The van der Waals surface area contributed by atoms with E-state index in [1.807, 2.05) is 25.4 Å². The Bertz CT molecular complexity index is 348. The van der Waals surface area contributed by atoms with E-state index in [4.69, 9.17) is 10.5 Å². The molecule has 0 radical (unpaired) electrons. The van der Waals surface area contributed by atoms with Crippen LogP contribution >= 0.6 is 0 Å². The highest BCUT2D eigenvalue weighted by atomic mass is 16.5. The minimum atomic E-state index is -0.516. The molecule has 1 aromatic rings. The molecule has 0 bridgehead atoms. The van der Waals surface area contributed by atoms with Crippen LogP contribution in [0.3, 0.4) is 0 Å². The lowest BCUT2D eigenvalue weighted by Gasteiger charge is -2.33. The van der Waals surface area contributed by atoms with Gasteiger partial charge in [-0.3, -0.25) is 9.88 Å². The molecule has 3 N–H and O–H groups in total. The molecule has 0 spiro atoms. The fraction of sp³-hybridized carbons (Fsp3) is 0.643. The van der Waals surface area contributed by atoms with Gasteiger partial charge in [0.25, 0.3) is 0 Å². The van der Waals surface area contributed by atoms with Crippen molar-refractivity contribution >= 4 is 0 Å². The second kappa shape index (κ2) is 8.22. The van der Waals surface area contributed by atoms with Crippen LogP contribution in [-0.2, 0) is 4.74 Å². The molecule has 0 fully saturated rings. The molecule has 19 heavy (non-hydrogen) atoms. The van der Waals surface area contributed by atoms with Crippen LogP contribution in [0.1, 0.15) is 24.9 Å². The molecule has 5 heteroatoms. The summed E-state index contributed by atoms with van der Waals surface area (Å²) < 4.78 is 4.96. The highest BCUT2D eigenvalue weighted by molar-refractivity contribution is 5.16. The maximum Gasteiger partial charge on any atom is 0.0900 e. The van der Waals surface area contributed by atoms with Gasteiger partial charge in [-0.2, -0.15) is 0 Å². The first-order valence-electron chi connectivity index (χ1n) is 6.62. The SMILES string of the molecule is CCC(N)C(c1cccnc1)N(C)CC(O)COC. The van der Waals surface area contributed by atoms with Gasteiger partial charge in [0.05, 0.1) is 18.8 Å². The molecular formula is C14H25N3O2. The summed E-state index contributed by atoms with van der Waals surface area (Å²) in [6, 6.07) is 3.98. The number of hydrogen-bond acceptors (Lipinski definition) is 5. The maximum absolute atomic E-state index is 9.85. The van der Waals surface area contributed by atoms with Gasteiger partial charge in [-0.05, 0) is 25.1 Å². The Hall–Kier alpha value is -1.01. The molecule has 0 aromatic carbocycles. The van der Waals surface area contributed by atoms with Crippen LogP contribution in [0.5, 0.6) is 0 Å². The zero-order valence-electron chi connectivity index (χ0n) is 12.0. The third kappa shape index (κ3) is 4.87. The second-order valence-electron chi connectivity index (χ2n) is 4.85. The van der Waals surface area contributed by atoms with Gasteiger partial charge in [0.2, 0.25) is 0 Å². The molecule has 0 aliphatic rings. The van der Waals surface area contributed by atoms with E-state index in [1.54, 1.807) is 13.3 Å². The molecule has 0 aliphatic carbocycles. The van der Waals surface area contributed by atoms with Crippen LogP contribution in [0.4, 0.5) is 0 Å². The van der Waals surface area contributed by atoms with Crippen LogP contribution in [0.2, 0.25) is 0 Å². The Morgan fingerprint density at radius 1 is 1.53 bits per heavy atom. The fourth-order valence-corrected chi connectivity index (χ4v) is 2.29. The number of nitrogens with zero attached hydrogens (tertiary/aromatic N) is 2. The lowest BCUT2D eigenvalue weighted by Crippen LogP contribution is -2.42. The minimum Gasteiger partial charge on any atom is -0.389 e. The van der Waals surface area contributed by atoms with E-state index in [0.717, 1.165) is 12.0 Å². The summed E-state index contributed by atoms with van der Waals surface area (Å²) >= 11 is 0. The monoisotopic (exact) mass is 267 g/mol. The largest absolute Gasteiger partial charge is 0.389 e. The van der Waals surface area contributed by atoms with Crippen molar-refractivity contribution in [3.63, 3.8) is 0 Å². The summed E-state index contributed by atoms with van der Waals surface area (Å²) in [5.74, 6) is 0. The van der Waals surface area contributed by atoms with E-state index in [1.165, 1.54) is 0 Å². The third-order valence-corrected chi connectivity index (χ3v) is 3.24. The van der Waals surface area contributed by atoms with Crippen LogP contribution in [0, 0.1) is 0 Å². The third-order valence-electron chi connectivity index (χ3n) is 3.24. The number of aliphatic hydroxyl groups excluding tert-OH is 1. The van der Waals surface area contributed by atoms with E-state index in [9.17, 15) is 5.11 Å². The molecule has 0 aliphatic heterocycles. The number of hydrogen-bond donors (Lipinski definition) is 2. The van der Waals surface area contributed by atoms with E-state index in [2.05, 4.69) is 16.8 Å². The number of likely N-dealkylation sites (N-methyl/N-ethyl adjacent to an activating group) is 1. The number of aliphatic hydroxyl groups is 1. The average Bonchev–Trinajstić information content (AvgIpc) is 2.40. The summed E-state index contributed by atoms with van der Waals surface area (Å²) in [5, 5.41) is 9.85. The highest BCUT2D eigenvalue weighted by Gasteiger charge is 2.24. The standard InChI is InChI=1S/C14H25N3O2/c1-4-13(15)14(11-6-5-7-16-8-11)17(2)9-12(18)10-19-3/h5-8,12-14,18H,4,9-10,15H2,1-3H3. The first kappa shape index (κ1) is 16.0. The quantitative estimate of drug-likeness (QED) is 0.729. The van der Waals surface area contributed by atoms with Gasteiger partial charge in [0.1, 0.15) is 0 Å². The molecule has 1 heterocycles. The molecule has 1 aromatic heterocycles. The zero-order valence-corrected chi connectivity index (χ0v) is 12.0. The zero-order chi connectivity index (χ0) is 14.3. The summed E-state index contributed by atoms with van der Waals surface area (Å²) in [5.41, 5.74) is 7.29. The van der Waals surface area contributed by atoms with Crippen molar-refractivity contribution in [3.05, 3.63) is 30.1 Å². The molecule has 0 amide bonds. The van der Waals surface area contributed by atoms with E-state index >= 15 is 0 Å². The molecule has 108 valence electrons. The maximum atomic E-state index is 9.85. The number of methoxy groups -OCH3 is 1. The second-order valence-corrected chi connectivity index (χ2v) is 4.85. The number of ether oxygens (including phenoxy) is 1. The fourth-order valence-electron chi connectivity index (χ4n) is 2.29. The van der Waals surface area contributed by atoms with Crippen molar-refractivity contribution in [2.24, 2.45) is 5.73 Å². The highest BCUT2D eigenvalue weighted by Crippen LogP contribution is 2.23. The van der Waals surface area contributed by atoms with Gasteiger partial charge < -0.3 is 15.6 Å². The summed E-state index contributed by atoms with van der Waals surface area (Å²) in [4.78, 5) is 6.22. The van der Waals surface area contributed by atoms with E-state index in [0.29, 0.717) is 13.2 Å². The molecule has 5 nitrogen and oxygen atoms in total. The topological polar surface area (TPSA) is 71.6 Å². The van der Waals surface area contributed by atoms with Crippen LogP contribution in [-0.4, -0.2) is 54.4 Å². The Morgan fingerprint density at radius 2 is 2.26 bits per heavy atom. The van der Waals surface area contributed by atoms with Crippen molar-refractivity contribution in [1.82, 2.24) is 9.88 Å². The Kier molecular flexibility index (Phi) is 6.94. The summed E-state index contributed by atoms with van der Waals surface area (Å²) in [7, 11) is 3.55. The number of pyridine rings is 1. The average molecular weight is 267 g/mol. The van der Waals surface area contributed by atoms with Crippen molar-refractivity contribution in [2.75, 3.05) is 27.3 Å².